The second kappa shape index (κ2) is 4.68. The first-order valence-electron chi connectivity index (χ1n) is 5.57. The Morgan fingerprint density at radius 2 is 1.80 bits per heavy atom. The van der Waals surface area contributed by atoms with Gasteiger partial charge in [0.2, 0.25) is 5.54 Å². The molecule has 2 rings (SSSR count). The van der Waals surface area contributed by atoms with E-state index in [0.717, 1.165) is 0 Å². The third-order valence-corrected chi connectivity index (χ3v) is 4.36. The van der Waals surface area contributed by atoms with Crippen LogP contribution in [0.4, 0.5) is 0 Å². The molecule has 0 fully saturated rings. The zero-order valence-corrected chi connectivity index (χ0v) is 11.0. The maximum absolute atomic E-state index is 11.4. The van der Waals surface area contributed by atoms with Gasteiger partial charge in [-0.2, -0.15) is 0 Å². The standard InChI is InChI=1S/C11H12NO7P/c13-9(14)11(10(15)16)4-7-6(5-12-11)2-1-3-8(7)20(17,18)19/h1-3,12H,4-5H2,(H,13,14)(H,15,16)(H2,17,18,19). The average Bonchev–Trinajstić information content (AvgIpc) is 2.35. The van der Waals surface area contributed by atoms with Crippen molar-refractivity contribution in [3.05, 3.63) is 29.3 Å². The van der Waals surface area contributed by atoms with Crippen LogP contribution in [-0.2, 0) is 27.1 Å². The van der Waals surface area contributed by atoms with Gasteiger partial charge < -0.3 is 20.0 Å². The Kier molecular flexibility index (Phi) is 3.43. The summed E-state index contributed by atoms with van der Waals surface area (Å²) in [7, 11) is -4.61. The lowest BCUT2D eigenvalue weighted by Gasteiger charge is -2.33. The van der Waals surface area contributed by atoms with Crippen LogP contribution in [0.25, 0.3) is 0 Å². The summed E-state index contributed by atoms with van der Waals surface area (Å²) in [6.07, 6.45) is -0.533. The third-order valence-electron chi connectivity index (χ3n) is 3.31. The van der Waals surface area contributed by atoms with Crippen molar-refractivity contribution in [3.63, 3.8) is 0 Å². The molecule has 0 aromatic heterocycles. The van der Waals surface area contributed by atoms with Gasteiger partial charge >= 0.3 is 19.5 Å². The number of carbonyl (C=O) groups is 2. The first kappa shape index (κ1) is 14.7. The Bertz CT molecular complexity index is 622. The molecule has 1 heterocycles. The number of nitrogens with one attached hydrogen (secondary N) is 1. The van der Waals surface area contributed by atoms with Gasteiger partial charge in [-0.15, -0.1) is 0 Å². The number of benzene rings is 1. The monoisotopic (exact) mass is 301 g/mol. The summed E-state index contributed by atoms with van der Waals surface area (Å²) in [5.74, 6) is -3.20. The van der Waals surface area contributed by atoms with Gasteiger partial charge in [-0.1, -0.05) is 12.1 Å². The van der Waals surface area contributed by atoms with Crippen molar-refractivity contribution in [1.82, 2.24) is 5.32 Å². The van der Waals surface area contributed by atoms with Crippen LogP contribution in [-0.4, -0.2) is 37.5 Å². The molecule has 0 unspecified atom stereocenters. The minimum absolute atomic E-state index is 0.0735. The molecule has 0 atom stereocenters. The quantitative estimate of drug-likeness (QED) is 0.355. The van der Waals surface area contributed by atoms with E-state index in [1.54, 1.807) is 6.07 Å². The first-order valence-corrected chi connectivity index (χ1v) is 7.18. The van der Waals surface area contributed by atoms with Gasteiger partial charge in [0.15, 0.2) is 0 Å². The minimum atomic E-state index is -4.61. The van der Waals surface area contributed by atoms with Crippen LogP contribution in [0.2, 0.25) is 0 Å². The SMILES string of the molecule is O=C(O)C1(C(=O)O)Cc2c(cccc2P(=O)(O)O)CN1. The topological polar surface area (TPSA) is 144 Å². The number of fused-ring (bicyclic) bond motifs is 1. The van der Waals surface area contributed by atoms with E-state index in [9.17, 15) is 23.9 Å². The van der Waals surface area contributed by atoms with Crippen LogP contribution in [0, 0.1) is 0 Å². The van der Waals surface area contributed by atoms with Crippen LogP contribution in [0.15, 0.2) is 18.2 Å². The molecule has 0 aliphatic carbocycles. The number of rotatable bonds is 3. The summed E-state index contributed by atoms with van der Waals surface area (Å²) in [4.78, 5) is 41.1. The van der Waals surface area contributed by atoms with Gasteiger partial charge in [-0.25, -0.2) is 9.59 Å². The highest BCUT2D eigenvalue weighted by molar-refractivity contribution is 7.60. The van der Waals surface area contributed by atoms with Crippen LogP contribution in [0.5, 0.6) is 0 Å². The zero-order valence-electron chi connectivity index (χ0n) is 10.1. The normalized spacial score (nSPS) is 17.3. The molecule has 5 N–H and O–H groups in total. The number of aliphatic carboxylic acids is 2. The lowest BCUT2D eigenvalue weighted by molar-refractivity contribution is -0.159. The summed E-state index contributed by atoms with van der Waals surface area (Å²) in [6, 6.07) is 4.18. The second-order valence-electron chi connectivity index (χ2n) is 4.50. The molecule has 1 aliphatic heterocycles. The fourth-order valence-corrected chi connectivity index (χ4v) is 3.09. The summed E-state index contributed by atoms with van der Waals surface area (Å²) < 4.78 is 11.4. The Hall–Kier alpha value is -1.73. The average molecular weight is 301 g/mol. The molecule has 8 nitrogen and oxygen atoms in total. The Balaban J connectivity index is 2.61. The van der Waals surface area contributed by atoms with E-state index >= 15 is 0 Å². The second-order valence-corrected chi connectivity index (χ2v) is 6.07. The molecule has 0 amide bonds. The Morgan fingerprint density at radius 3 is 2.30 bits per heavy atom. The third kappa shape index (κ3) is 2.23. The van der Waals surface area contributed by atoms with E-state index in [2.05, 4.69) is 5.32 Å². The molecule has 20 heavy (non-hydrogen) atoms. The number of carboxylic acid groups (broad SMARTS) is 2. The minimum Gasteiger partial charge on any atom is -0.479 e. The van der Waals surface area contributed by atoms with E-state index in [0.29, 0.717) is 5.56 Å². The van der Waals surface area contributed by atoms with Gasteiger partial charge in [0, 0.05) is 13.0 Å². The number of carboxylic acids is 2. The van der Waals surface area contributed by atoms with E-state index < -0.39 is 31.5 Å². The maximum Gasteiger partial charge on any atom is 0.356 e. The molecule has 0 spiro atoms. The highest BCUT2D eigenvalue weighted by Gasteiger charge is 2.50. The molecular weight excluding hydrogens is 289 g/mol. The fraction of sp³-hybridized carbons (Fsp3) is 0.273. The van der Waals surface area contributed by atoms with Crippen LogP contribution in [0.3, 0.4) is 0 Å². The van der Waals surface area contributed by atoms with E-state index in [-0.39, 0.29) is 17.4 Å². The maximum atomic E-state index is 11.4. The smallest absolute Gasteiger partial charge is 0.356 e. The fourth-order valence-electron chi connectivity index (χ4n) is 2.23. The van der Waals surface area contributed by atoms with Crippen LogP contribution >= 0.6 is 7.60 Å². The summed E-state index contributed by atoms with van der Waals surface area (Å²) >= 11 is 0. The Morgan fingerprint density at radius 1 is 1.20 bits per heavy atom. The molecule has 1 aromatic rings. The largest absolute Gasteiger partial charge is 0.479 e. The highest BCUT2D eigenvalue weighted by atomic mass is 31.2. The molecule has 1 aromatic carbocycles. The Labute approximate surface area is 113 Å². The van der Waals surface area contributed by atoms with E-state index in [4.69, 9.17) is 10.2 Å². The molecule has 0 bridgehead atoms. The zero-order chi connectivity index (χ0) is 15.1. The lowest BCUT2D eigenvalue weighted by Crippen LogP contribution is -2.62. The van der Waals surface area contributed by atoms with E-state index in [1.807, 2.05) is 0 Å². The molecule has 0 radical (unpaired) electrons. The predicted molar refractivity (Wildman–Crippen MR) is 66.7 cm³/mol. The van der Waals surface area contributed by atoms with Crippen LogP contribution < -0.4 is 10.6 Å². The molecule has 9 heteroatoms. The van der Waals surface area contributed by atoms with Crippen molar-refractivity contribution in [2.24, 2.45) is 0 Å². The molecule has 0 saturated heterocycles. The molecule has 1 aliphatic rings. The lowest BCUT2D eigenvalue weighted by atomic mass is 9.84. The van der Waals surface area contributed by atoms with Crippen molar-refractivity contribution in [2.45, 2.75) is 18.5 Å². The van der Waals surface area contributed by atoms with Gasteiger partial charge in [0.05, 0.1) is 5.30 Å². The van der Waals surface area contributed by atoms with Gasteiger partial charge in [-0.05, 0) is 17.2 Å². The van der Waals surface area contributed by atoms with E-state index in [1.165, 1.54) is 12.1 Å². The molecular formula is C11H12NO7P. The summed E-state index contributed by atoms with van der Waals surface area (Å²) in [5, 5.41) is 20.4. The predicted octanol–water partition coefficient (Wildman–Crippen LogP) is -0.957. The van der Waals surface area contributed by atoms with Crippen molar-refractivity contribution in [1.29, 1.82) is 0 Å². The number of hydrogen-bond acceptors (Lipinski definition) is 4. The number of hydrogen-bond donors (Lipinski definition) is 5. The van der Waals surface area contributed by atoms with Crippen molar-refractivity contribution >= 4 is 24.8 Å². The molecule has 0 saturated carbocycles. The summed E-state index contributed by atoms with van der Waals surface area (Å²) in [5.41, 5.74) is -1.73. The van der Waals surface area contributed by atoms with Gasteiger partial charge in [0.25, 0.3) is 0 Å². The van der Waals surface area contributed by atoms with Crippen molar-refractivity contribution in [2.75, 3.05) is 0 Å². The van der Waals surface area contributed by atoms with Crippen molar-refractivity contribution in [3.8, 4) is 0 Å². The van der Waals surface area contributed by atoms with Crippen LogP contribution in [0.1, 0.15) is 11.1 Å². The van der Waals surface area contributed by atoms with Crippen molar-refractivity contribution < 1.29 is 34.2 Å². The highest BCUT2D eigenvalue weighted by Crippen LogP contribution is 2.37. The molecule has 108 valence electrons. The van der Waals surface area contributed by atoms with Gasteiger partial charge in [-0.3, -0.25) is 9.88 Å². The first-order chi connectivity index (χ1) is 9.18. The summed E-state index contributed by atoms with van der Waals surface area (Å²) in [6.45, 7) is -0.0955. The van der Waals surface area contributed by atoms with Gasteiger partial charge in [0.1, 0.15) is 0 Å².